The second-order valence-corrected chi connectivity index (χ2v) is 5.42. The van der Waals surface area contributed by atoms with Gasteiger partial charge in [-0.15, -0.1) is 11.6 Å². The normalized spacial score (nSPS) is 11.9. The van der Waals surface area contributed by atoms with Crippen LogP contribution in [0.2, 0.25) is 0 Å². The zero-order chi connectivity index (χ0) is 15.2. The number of alkyl halides is 1. The van der Waals surface area contributed by atoms with E-state index in [9.17, 15) is 9.59 Å². The fraction of sp³-hybridized carbons (Fsp3) is 0.250. The van der Waals surface area contributed by atoms with Crippen LogP contribution < -0.4 is 10.6 Å². The van der Waals surface area contributed by atoms with Crippen LogP contribution in [0.3, 0.4) is 0 Å². The molecule has 0 aliphatic heterocycles. The van der Waals surface area contributed by atoms with E-state index in [1.807, 2.05) is 42.5 Å². The Hall–Kier alpha value is -2.07. The summed E-state index contributed by atoms with van der Waals surface area (Å²) < 4.78 is 0. The highest BCUT2D eigenvalue weighted by Gasteiger charge is 2.09. The molecule has 0 spiro atoms. The van der Waals surface area contributed by atoms with Gasteiger partial charge in [-0.1, -0.05) is 30.3 Å². The van der Waals surface area contributed by atoms with Crippen molar-refractivity contribution in [2.45, 2.75) is 18.7 Å². The lowest BCUT2D eigenvalue weighted by Gasteiger charge is -2.08. The van der Waals surface area contributed by atoms with Gasteiger partial charge < -0.3 is 10.6 Å². The van der Waals surface area contributed by atoms with E-state index in [2.05, 4.69) is 10.6 Å². The Kier molecular flexibility index (Phi) is 5.17. The quantitative estimate of drug-likeness (QED) is 0.835. The summed E-state index contributed by atoms with van der Waals surface area (Å²) in [6.07, 6.45) is 0.210. The topological polar surface area (TPSA) is 58.2 Å². The van der Waals surface area contributed by atoms with Crippen molar-refractivity contribution in [1.82, 2.24) is 5.32 Å². The Balaban J connectivity index is 1.88. The molecule has 5 heteroatoms. The van der Waals surface area contributed by atoms with Gasteiger partial charge in [0.25, 0.3) is 0 Å². The zero-order valence-corrected chi connectivity index (χ0v) is 12.5. The molecule has 110 valence electrons. The highest BCUT2D eigenvalue weighted by Crippen LogP contribution is 2.18. The average molecular weight is 305 g/mol. The van der Waals surface area contributed by atoms with E-state index in [1.54, 1.807) is 6.92 Å². The molecule has 4 nitrogen and oxygen atoms in total. The molecule has 0 aliphatic rings. The number of amides is 2. The minimum Gasteiger partial charge on any atom is -0.354 e. The van der Waals surface area contributed by atoms with Crippen molar-refractivity contribution in [1.29, 1.82) is 0 Å². The first kappa shape index (κ1) is 15.3. The van der Waals surface area contributed by atoms with Crippen molar-refractivity contribution >= 4 is 39.9 Å². The van der Waals surface area contributed by atoms with Gasteiger partial charge in [0.05, 0.1) is 0 Å². The Bertz CT molecular complexity index is 656. The second kappa shape index (κ2) is 7.09. The maximum Gasteiger partial charge on any atom is 0.237 e. The molecule has 0 radical (unpaired) electrons. The van der Waals surface area contributed by atoms with Gasteiger partial charge in [-0.2, -0.15) is 0 Å². The summed E-state index contributed by atoms with van der Waals surface area (Å²) in [5.74, 6) is -0.414. The number of nitrogens with one attached hydrogen (secondary N) is 2. The van der Waals surface area contributed by atoms with Gasteiger partial charge in [0.15, 0.2) is 0 Å². The Morgan fingerprint density at radius 2 is 1.86 bits per heavy atom. The fourth-order valence-electron chi connectivity index (χ4n) is 1.93. The van der Waals surface area contributed by atoms with E-state index in [0.29, 0.717) is 0 Å². The number of carbonyl (C=O) groups is 2. The summed E-state index contributed by atoms with van der Waals surface area (Å²) in [5.41, 5.74) is 0.746. The van der Waals surface area contributed by atoms with Crippen molar-refractivity contribution in [3.63, 3.8) is 0 Å². The van der Waals surface area contributed by atoms with Gasteiger partial charge in [0, 0.05) is 18.7 Å². The SMILES string of the molecule is C[C@H](Cl)C(=O)NCCC(=O)Nc1ccc2ccccc2c1. The van der Waals surface area contributed by atoms with Crippen LogP contribution in [0.4, 0.5) is 5.69 Å². The molecule has 2 amide bonds. The molecule has 0 aliphatic carbocycles. The predicted octanol–water partition coefficient (Wildman–Crippen LogP) is 2.91. The van der Waals surface area contributed by atoms with Crippen LogP contribution in [-0.2, 0) is 9.59 Å². The molecule has 0 fully saturated rings. The maximum atomic E-state index is 11.8. The molecule has 21 heavy (non-hydrogen) atoms. The monoisotopic (exact) mass is 304 g/mol. The van der Waals surface area contributed by atoms with Crippen molar-refractivity contribution in [2.75, 3.05) is 11.9 Å². The predicted molar refractivity (Wildman–Crippen MR) is 85.5 cm³/mol. The number of carbonyl (C=O) groups excluding carboxylic acids is 2. The molecule has 2 N–H and O–H groups in total. The van der Waals surface area contributed by atoms with Gasteiger partial charge in [-0.3, -0.25) is 9.59 Å². The molecule has 0 unspecified atom stereocenters. The third kappa shape index (κ3) is 4.46. The highest BCUT2D eigenvalue weighted by atomic mass is 35.5. The van der Waals surface area contributed by atoms with Crippen LogP contribution in [0.15, 0.2) is 42.5 Å². The second-order valence-electron chi connectivity index (χ2n) is 4.77. The largest absolute Gasteiger partial charge is 0.354 e. The molecule has 0 saturated heterocycles. The maximum absolute atomic E-state index is 11.8. The van der Waals surface area contributed by atoms with Gasteiger partial charge in [0.2, 0.25) is 11.8 Å². The van der Waals surface area contributed by atoms with Crippen LogP contribution in [0.1, 0.15) is 13.3 Å². The van der Waals surface area contributed by atoms with Gasteiger partial charge in [0.1, 0.15) is 5.38 Å². The third-order valence-corrected chi connectivity index (χ3v) is 3.24. The number of hydrogen-bond acceptors (Lipinski definition) is 2. The van der Waals surface area contributed by atoms with Crippen molar-refractivity contribution < 1.29 is 9.59 Å². The first-order valence-corrected chi connectivity index (χ1v) is 7.20. The summed E-state index contributed by atoms with van der Waals surface area (Å²) in [7, 11) is 0. The number of rotatable bonds is 5. The van der Waals surface area contributed by atoms with E-state index in [-0.39, 0.29) is 24.8 Å². The van der Waals surface area contributed by atoms with E-state index < -0.39 is 5.38 Å². The van der Waals surface area contributed by atoms with E-state index in [4.69, 9.17) is 11.6 Å². The number of benzene rings is 2. The van der Waals surface area contributed by atoms with Crippen molar-refractivity contribution in [3.05, 3.63) is 42.5 Å². The molecule has 1 atom stereocenters. The van der Waals surface area contributed by atoms with E-state index in [0.717, 1.165) is 16.5 Å². The number of halogens is 1. The summed E-state index contributed by atoms with van der Waals surface area (Å²) in [6.45, 7) is 1.86. The lowest BCUT2D eigenvalue weighted by atomic mass is 10.1. The van der Waals surface area contributed by atoms with E-state index in [1.165, 1.54) is 0 Å². The van der Waals surface area contributed by atoms with Crippen LogP contribution in [0.25, 0.3) is 10.8 Å². The minimum absolute atomic E-state index is 0.146. The first-order chi connectivity index (χ1) is 10.1. The smallest absolute Gasteiger partial charge is 0.237 e. The molecule has 2 aromatic rings. The molecule has 0 aromatic heterocycles. The molecule has 0 bridgehead atoms. The molecular formula is C16H17ClN2O2. The molecular weight excluding hydrogens is 288 g/mol. The Morgan fingerprint density at radius 3 is 2.57 bits per heavy atom. The van der Waals surface area contributed by atoms with Crippen LogP contribution >= 0.6 is 11.6 Å². The van der Waals surface area contributed by atoms with E-state index >= 15 is 0 Å². The summed E-state index contributed by atoms with van der Waals surface area (Å²) in [4.78, 5) is 23.1. The Labute approximate surface area is 128 Å². The lowest BCUT2D eigenvalue weighted by molar-refractivity contribution is -0.120. The van der Waals surface area contributed by atoms with Crippen LogP contribution in [0, 0.1) is 0 Å². The van der Waals surface area contributed by atoms with Crippen molar-refractivity contribution in [3.8, 4) is 0 Å². The van der Waals surface area contributed by atoms with Gasteiger partial charge >= 0.3 is 0 Å². The molecule has 0 saturated carbocycles. The van der Waals surface area contributed by atoms with Crippen LogP contribution in [0.5, 0.6) is 0 Å². The fourth-order valence-corrected chi connectivity index (χ4v) is 2.01. The summed E-state index contributed by atoms with van der Waals surface area (Å²) in [6, 6.07) is 13.7. The number of fused-ring (bicyclic) bond motifs is 1. The summed E-state index contributed by atoms with van der Waals surface area (Å²) in [5, 5.41) is 7.01. The Morgan fingerprint density at radius 1 is 1.14 bits per heavy atom. The lowest BCUT2D eigenvalue weighted by Crippen LogP contribution is -2.32. The molecule has 0 heterocycles. The standard InChI is InChI=1S/C16H17ClN2O2/c1-11(17)16(21)18-9-8-15(20)19-14-7-6-12-4-2-3-5-13(12)10-14/h2-7,10-11H,8-9H2,1H3,(H,18,21)(H,19,20)/t11-/m0/s1. The van der Waals surface area contributed by atoms with Crippen LogP contribution in [-0.4, -0.2) is 23.7 Å². The number of anilines is 1. The van der Waals surface area contributed by atoms with Gasteiger partial charge in [-0.25, -0.2) is 0 Å². The third-order valence-electron chi connectivity index (χ3n) is 3.05. The minimum atomic E-state index is -0.589. The number of hydrogen-bond donors (Lipinski definition) is 2. The first-order valence-electron chi connectivity index (χ1n) is 6.76. The van der Waals surface area contributed by atoms with Gasteiger partial charge in [-0.05, 0) is 29.8 Å². The molecule has 2 aromatic carbocycles. The molecule has 2 rings (SSSR count). The zero-order valence-electron chi connectivity index (χ0n) is 11.7. The summed E-state index contributed by atoms with van der Waals surface area (Å²) >= 11 is 5.62. The van der Waals surface area contributed by atoms with Crippen molar-refractivity contribution in [2.24, 2.45) is 0 Å². The highest BCUT2D eigenvalue weighted by molar-refractivity contribution is 6.30. The average Bonchev–Trinajstić information content (AvgIpc) is 2.46.